The number of ether oxygens (including phenoxy) is 1. The fourth-order valence-electron chi connectivity index (χ4n) is 2.82. The van der Waals surface area contributed by atoms with E-state index >= 15 is 0 Å². The second-order valence-corrected chi connectivity index (χ2v) is 7.35. The first-order valence-electron chi connectivity index (χ1n) is 8.47. The zero-order valence-corrected chi connectivity index (χ0v) is 14.0. The van der Waals surface area contributed by atoms with Crippen LogP contribution in [0.15, 0.2) is 24.3 Å². The molecule has 0 unspecified atom stereocenters. The Labute approximate surface area is 130 Å². The normalized spacial score (nSPS) is 17.7. The molecule has 1 saturated carbocycles. The van der Waals surface area contributed by atoms with Crippen molar-refractivity contribution in [1.82, 2.24) is 5.32 Å². The minimum atomic E-state index is 0.160. The molecule has 118 valence electrons. The van der Waals surface area contributed by atoms with Gasteiger partial charge in [-0.05, 0) is 44.7 Å². The highest BCUT2D eigenvalue weighted by Gasteiger charge is 2.13. The summed E-state index contributed by atoms with van der Waals surface area (Å²) >= 11 is 0. The number of benzene rings is 1. The lowest BCUT2D eigenvalue weighted by Crippen LogP contribution is -2.35. The average Bonchev–Trinajstić information content (AvgIpc) is 2.71. The van der Waals surface area contributed by atoms with Crippen molar-refractivity contribution in [3.05, 3.63) is 35.4 Å². The molecule has 1 aromatic rings. The summed E-state index contributed by atoms with van der Waals surface area (Å²) in [7, 11) is 0. The molecule has 0 heterocycles. The molecule has 0 radical (unpaired) electrons. The van der Waals surface area contributed by atoms with E-state index in [1.807, 2.05) is 0 Å². The monoisotopic (exact) mass is 289 g/mol. The molecule has 0 amide bonds. The Balaban J connectivity index is 1.82. The van der Waals surface area contributed by atoms with Crippen LogP contribution in [0.3, 0.4) is 0 Å². The predicted octanol–water partition coefficient (Wildman–Crippen LogP) is 4.81. The van der Waals surface area contributed by atoms with Gasteiger partial charge in [0.05, 0.1) is 12.7 Å². The molecule has 0 bridgehead atoms. The van der Waals surface area contributed by atoms with Crippen molar-refractivity contribution < 1.29 is 4.74 Å². The highest BCUT2D eigenvalue weighted by Crippen LogP contribution is 2.21. The largest absolute Gasteiger partial charge is 0.374 e. The van der Waals surface area contributed by atoms with Crippen molar-refractivity contribution in [3.8, 4) is 0 Å². The van der Waals surface area contributed by atoms with Crippen molar-refractivity contribution >= 4 is 0 Å². The van der Waals surface area contributed by atoms with Gasteiger partial charge in [-0.1, -0.05) is 49.9 Å². The molecule has 21 heavy (non-hydrogen) atoms. The molecule has 0 saturated heterocycles. The SMILES string of the molecule is CC(C)(C)NCc1cccc(COC2CCCCCC2)c1. The van der Waals surface area contributed by atoms with Crippen LogP contribution in [0.25, 0.3) is 0 Å². The second-order valence-electron chi connectivity index (χ2n) is 7.35. The lowest BCUT2D eigenvalue weighted by molar-refractivity contribution is 0.0309. The van der Waals surface area contributed by atoms with Gasteiger partial charge in [-0.2, -0.15) is 0 Å². The summed E-state index contributed by atoms with van der Waals surface area (Å²) in [5, 5.41) is 3.54. The Hall–Kier alpha value is -0.860. The van der Waals surface area contributed by atoms with Crippen LogP contribution in [-0.4, -0.2) is 11.6 Å². The summed E-state index contributed by atoms with van der Waals surface area (Å²) < 4.78 is 6.13. The van der Waals surface area contributed by atoms with Crippen LogP contribution < -0.4 is 5.32 Å². The lowest BCUT2D eigenvalue weighted by Gasteiger charge is -2.21. The molecule has 2 heteroatoms. The molecular formula is C19H31NO. The predicted molar refractivity (Wildman–Crippen MR) is 89.3 cm³/mol. The Kier molecular flexibility index (Phi) is 6.25. The zero-order chi connectivity index (χ0) is 15.1. The lowest BCUT2D eigenvalue weighted by atomic mass is 10.1. The molecular weight excluding hydrogens is 258 g/mol. The molecule has 0 aliphatic heterocycles. The van der Waals surface area contributed by atoms with Crippen LogP contribution >= 0.6 is 0 Å². The number of nitrogens with one attached hydrogen (secondary N) is 1. The van der Waals surface area contributed by atoms with Crippen molar-refractivity contribution in [2.24, 2.45) is 0 Å². The molecule has 1 aliphatic rings. The molecule has 2 rings (SSSR count). The maximum absolute atomic E-state index is 6.13. The first-order chi connectivity index (χ1) is 10.0. The number of rotatable bonds is 5. The van der Waals surface area contributed by atoms with Gasteiger partial charge in [-0.3, -0.25) is 0 Å². The van der Waals surface area contributed by atoms with E-state index in [2.05, 4.69) is 50.4 Å². The van der Waals surface area contributed by atoms with E-state index in [1.54, 1.807) is 0 Å². The van der Waals surface area contributed by atoms with Crippen LogP contribution in [0.2, 0.25) is 0 Å². The summed E-state index contributed by atoms with van der Waals surface area (Å²) in [6.45, 7) is 8.28. The molecule has 1 N–H and O–H groups in total. The summed E-state index contributed by atoms with van der Waals surface area (Å²) in [4.78, 5) is 0. The highest BCUT2D eigenvalue weighted by molar-refractivity contribution is 5.23. The van der Waals surface area contributed by atoms with E-state index in [-0.39, 0.29) is 5.54 Å². The topological polar surface area (TPSA) is 21.3 Å². The maximum Gasteiger partial charge on any atom is 0.0720 e. The van der Waals surface area contributed by atoms with E-state index < -0.39 is 0 Å². The quantitative estimate of drug-likeness (QED) is 0.785. The fraction of sp³-hybridized carbons (Fsp3) is 0.684. The highest BCUT2D eigenvalue weighted by atomic mass is 16.5. The van der Waals surface area contributed by atoms with Gasteiger partial charge in [0.15, 0.2) is 0 Å². The van der Waals surface area contributed by atoms with Gasteiger partial charge >= 0.3 is 0 Å². The minimum absolute atomic E-state index is 0.160. The van der Waals surface area contributed by atoms with E-state index in [1.165, 1.54) is 49.7 Å². The third kappa shape index (κ3) is 6.62. The first-order valence-corrected chi connectivity index (χ1v) is 8.47. The summed E-state index contributed by atoms with van der Waals surface area (Å²) in [6, 6.07) is 8.78. The Morgan fingerprint density at radius 2 is 1.71 bits per heavy atom. The van der Waals surface area contributed by atoms with Gasteiger partial charge in [0.1, 0.15) is 0 Å². The molecule has 1 aromatic carbocycles. The average molecular weight is 289 g/mol. The van der Waals surface area contributed by atoms with Crippen LogP contribution in [0, 0.1) is 0 Å². The van der Waals surface area contributed by atoms with Gasteiger partial charge in [-0.15, -0.1) is 0 Å². The van der Waals surface area contributed by atoms with Gasteiger partial charge in [-0.25, -0.2) is 0 Å². The summed E-state index contributed by atoms with van der Waals surface area (Å²) in [5.74, 6) is 0. The third-order valence-corrected chi connectivity index (χ3v) is 4.10. The molecule has 2 nitrogen and oxygen atoms in total. The van der Waals surface area contributed by atoms with Gasteiger partial charge in [0.2, 0.25) is 0 Å². The molecule has 1 fully saturated rings. The van der Waals surface area contributed by atoms with E-state index in [0.29, 0.717) is 6.10 Å². The number of hydrogen-bond donors (Lipinski definition) is 1. The fourth-order valence-corrected chi connectivity index (χ4v) is 2.82. The van der Waals surface area contributed by atoms with Crippen LogP contribution in [0.1, 0.15) is 70.4 Å². The van der Waals surface area contributed by atoms with E-state index in [0.717, 1.165) is 13.2 Å². The van der Waals surface area contributed by atoms with Crippen molar-refractivity contribution in [2.75, 3.05) is 0 Å². The zero-order valence-electron chi connectivity index (χ0n) is 14.0. The standard InChI is InChI=1S/C19H31NO/c1-19(2,3)20-14-16-9-8-10-17(13-16)15-21-18-11-6-4-5-7-12-18/h8-10,13,18,20H,4-7,11-12,14-15H2,1-3H3. The molecule has 1 aliphatic carbocycles. The van der Waals surface area contributed by atoms with Crippen LogP contribution in [0.5, 0.6) is 0 Å². The maximum atomic E-state index is 6.13. The van der Waals surface area contributed by atoms with Crippen LogP contribution in [-0.2, 0) is 17.9 Å². The smallest absolute Gasteiger partial charge is 0.0720 e. The van der Waals surface area contributed by atoms with Gasteiger partial charge < -0.3 is 10.1 Å². The summed E-state index contributed by atoms with van der Waals surface area (Å²) in [6.07, 6.45) is 8.39. The minimum Gasteiger partial charge on any atom is -0.374 e. The van der Waals surface area contributed by atoms with Crippen LogP contribution in [0.4, 0.5) is 0 Å². The van der Waals surface area contributed by atoms with Gasteiger partial charge in [0, 0.05) is 12.1 Å². The Morgan fingerprint density at radius 1 is 1.05 bits per heavy atom. The van der Waals surface area contributed by atoms with E-state index in [9.17, 15) is 0 Å². The first kappa shape index (κ1) is 16.5. The summed E-state index contributed by atoms with van der Waals surface area (Å²) in [5.41, 5.74) is 2.80. The Bertz CT molecular complexity index is 414. The second kappa shape index (κ2) is 7.95. The van der Waals surface area contributed by atoms with Gasteiger partial charge in [0.25, 0.3) is 0 Å². The molecule has 0 atom stereocenters. The Morgan fingerprint density at radius 3 is 2.38 bits per heavy atom. The van der Waals surface area contributed by atoms with Crippen molar-refractivity contribution in [2.45, 2.75) is 84.1 Å². The van der Waals surface area contributed by atoms with Crippen molar-refractivity contribution in [3.63, 3.8) is 0 Å². The number of hydrogen-bond acceptors (Lipinski definition) is 2. The molecule has 0 spiro atoms. The van der Waals surface area contributed by atoms with E-state index in [4.69, 9.17) is 4.74 Å². The third-order valence-electron chi connectivity index (χ3n) is 4.10. The molecule has 0 aromatic heterocycles. The van der Waals surface area contributed by atoms with Crippen molar-refractivity contribution in [1.29, 1.82) is 0 Å².